The summed E-state index contributed by atoms with van der Waals surface area (Å²) >= 11 is 0. The minimum atomic E-state index is -0.824. The Balaban J connectivity index is 1.44. The molecule has 1 aromatic rings. The van der Waals surface area contributed by atoms with E-state index >= 15 is 0 Å². The molecule has 7 heteroatoms. The number of hydrazone groups is 1. The van der Waals surface area contributed by atoms with Crippen molar-refractivity contribution in [3.8, 4) is 0 Å². The number of hydrogen-bond acceptors (Lipinski definition) is 3. The van der Waals surface area contributed by atoms with Crippen LogP contribution in [0, 0.1) is 17.6 Å². The van der Waals surface area contributed by atoms with Gasteiger partial charge in [0.1, 0.15) is 0 Å². The maximum Gasteiger partial charge on any atom is 0.240 e. The van der Waals surface area contributed by atoms with E-state index in [1.807, 2.05) is 4.90 Å². The Hall–Kier alpha value is -2.31. The Bertz CT molecular complexity index is 736. The number of halogens is 2. The molecule has 2 aliphatic rings. The smallest absolute Gasteiger partial charge is 0.240 e. The van der Waals surface area contributed by atoms with E-state index in [0.717, 1.165) is 43.1 Å². The Labute approximate surface area is 157 Å². The van der Waals surface area contributed by atoms with Gasteiger partial charge in [-0.2, -0.15) is 5.10 Å². The third-order valence-corrected chi connectivity index (χ3v) is 5.30. The number of aryl methyl sites for hydroxylation is 1. The molecular weight excluding hydrogens is 352 g/mol. The predicted molar refractivity (Wildman–Crippen MR) is 98.0 cm³/mol. The SMILES string of the molecule is O=C1CCC(CCC(=O)N2CCC[C@@H](CCc3ccc(F)c(F)c3)C2)=NN1. The van der Waals surface area contributed by atoms with Crippen LogP contribution in [0.1, 0.15) is 50.5 Å². The Morgan fingerprint density at radius 1 is 1.22 bits per heavy atom. The molecule has 0 radical (unpaired) electrons. The van der Waals surface area contributed by atoms with Gasteiger partial charge in [-0.05, 0) is 62.1 Å². The van der Waals surface area contributed by atoms with Crippen LogP contribution in [0.3, 0.4) is 0 Å². The lowest BCUT2D eigenvalue weighted by molar-refractivity contribution is -0.132. The van der Waals surface area contributed by atoms with Gasteiger partial charge in [-0.15, -0.1) is 0 Å². The van der Waals surface area contributed by atoms with Gasteiger partial charge in [0.2, 0.25) is 11.8 Å². The normalized spacial score (nSPS) is 20.2. The first-order valence-corrected chi connectivity index (χ1v) is 9.57. The highest BCUT2D eigenvalue weighted by molar-refractivity contribution is 5.94. The van der Waals surface area contributed by atoms with Gasteiger partial charge >= 0.3 is 0 Å². The fourth-order valence-electron chi connectivity index (χ4n) is 3.69. The van der Waals surface area contributed by atoms with Crippen LogP contribution >= 0.6 is 0 Å². The van der Waals surface area contributed by atoms with Crippen molar-refractivity contribution >= 4 is 17.5 Å². The van der Waals surface area contributed by atoms with Gasteiger partial charge in [0, 0.05) is 31.6 Å². The van der Waals surface area contributed by atoms with Crippen LogP contribution in [0.25, 0.3) is 0 Å². The lowest BCUT2D eigenvalue weighted by atomic mass is 9.91. The van der Waals surface area contributed by atoms with Crippen LogP contribution in [0.2, 0.25) is 0 Å². The molecule has 2 heterocycles. The molecule has 0 saturated carbocycles. The van der Waals surface area contributed by atoms with Crippen LogP contribution in [-0.2, 0) is 16.0 Å². The number of benzene rings is 1. The van der Waals surface area contributed by atoms with Gasteiger partial charge in [-0.1, -0.05) is 6.07 Å². The van der Waals surface area contributed by atoms with E-state index < -0.39 is 11.6 Å². The first-order chi connectivity index (χ1) is 13.0. The quantitative estimate of drug-likeness (QED) is 0.828. The minimum absolute atomic E-state index is 0.0787. The summed E-state index contributed by atoms with van der Waals surface area (Å²) in [4.78, 5) is 25.5. The first-order valence-electron chi connectivity index (χ1n) is 9.57. The first kappa shape index (κ1) is 19.5. The number of nitrogens with one attached hydrogen (secondary N) is 1. The summed E-state index contributed by atoms with van der Waals surface area (Å²) in [5.41, 5.74) is 4.11. The van der Waals surface area contributed by atoms with E-state index in [4.69, 9.17) is 0 Å². The van der Waals surface area contributed by atoms with Crippen molar-refractivity contribution in [2.24, 2.45) is 11.0 Å². The number of carbonyl (C=O) groups excluding carboxylic acids is 2. The monoisotopic (exact) mass is 377 g/mol. The molecule has 146 valence electrons. The molecule has 2 aliphatic heterocycles. The van der Waals surface area contributed by atoms with Gasteiger partial charge in [0.05, 0.1) is 0 Å². The summed E-state index contributed by atoms with van der Waals surface area (Å²) in [6, 6.07) is 4.04. The number of hydrogen-bond donors (Lipinski definition) is 1. The molecule has 1 N–H and O–H groups in total. The predicted octanol–water partition coefficient (Wildman–Crippen LogP) is 3.18. The summed E-state index contributed by atoms with van der Waals surface area (Å²) in [6.45, 7) is 1.48. The van der Waals surface area contributed by atoms with Crippen molar-refractivity contribution in [3.63, 3.8) is 0 Å². The molecule has 2 amide bonds. The van der Waals surface area contributed by atoms with Gasteiger partial charge in [0.25, 0.3) is 0 Å². The minimum Gasteiger partial charge on any atom is -0.342 e. The Morgan fingerprint density at radius 2 is 2.07 bits per heavy atom. The zero-order chi connectivity index (χ0) is 19.2. The lowest BCUT2D eigenvalue weighted by Gasteiger charge is -2.33. The van der Waals surface area contributed by atoms with Crippen molar-refractivity contribution in [1.29, 1.82) is 0 Å². The number of nitrogens with zero attached hydrogens (tertiary/aromatic N) is 2. The van der Waals surface area contributed by atoms with E-state index in [1.165, 1.54) is 6.07 Å². The zero-order valence-electron chi connectivity index (χ0n) is 15.3. The summed E-state index contributed by atoms with van der Waals surface area (Å²) in [6.07, 6.45) is 5.59. The fourth-order valence-corrected chi connectivity index (χ4v) is 3.69. The summed E-state index contributed by atoms with van der Waals surface area (Å²) in [5.74, 6) is -1.22. The van der Waals surface area contributed by atoms with Crippen molar-refractivity contribution in [2.75, 3.05) is 13.1 Å². The second-order valence-electron chi connectivity index (χ2n) is 7.35. The highest BCUT2D eigenvalue weighted by Crippen LogP contribution is 2.23. The van der Waals surface area contributed by atoms with E-state index in [9.17, 15) is 18.4 Å². The second-order valence-corrected chi connectivity index (χ2v) is 7.35. The van der Waals surface area contributed by atoms with E-state index in [1.54, 1.807) is 6.07 Å². The molecule has 5 nitrogen and oxygen atoms in total. The number of carbonyl (C=O) groups is 2. The largest absolute Gasteiger partial charge is 0.342 e. The third kappa shape index (κ3) is 5.58. The highest BCUT2D eigenvalue weighted by Gasteiger charge is 2.24. The van der Waals surface area contributed by atoms with Crippen LogP contribution in [-0.4, -0.2) is 35.5 Å². The topological polar surface area (TPSA) is 61.8 Å². The second kappa shape index (κ2) is 9.06. The number of piperidine rings is 1. The van der Waals surface area contributed by atoms with E-state index in [2.05, 4.69) is 10.5 Å². The van der Waals surface area contributed by atoms with E-state index in [-0.39, 0.29) is 11.8 Å². The number of rotatable bonds is 6. The van der Waals surface area contributed by atoms with Crippen molar-refractivity contribution in [2.45, 2.75) is 51.4 Å². The third-order valence-electron chi connectivity index (χ3n) is 5.30. The molecule has 1 atom stereocenters. The van der Waals surface area contributed by atoms with Crippen LogP contribution in [0.5, 0.6) is 0 Å². The zero-order valence-corrected chi connectivity index (χ0v) is 15.3. The maximum atomic E-state index is 13.3. The lowest BCUT2D eigenvalue weighted by Crippen LogP contribution is -2.40. The Kier molecular flexibility index (Phi) is 6.53. The summed E-state index contributed by atoms with van der Waals surface area (Å²) in [5, 5.41) is 4.01. The van der Waals surface area contributed by atoms with Crippen molar-refractivity contribution < 1.29 is 18.4 Å². The van der Waals surface area contributed by atoms with Crippen LogP contribution < -0.4 is 5.43 Å². The van der Waals surface area contributed by atoms with Gasteiger partial charge in [-0.3, -0.25) is 9.59 Å². The maximum absolute atomic E-state index is 13.3. The molecule has 0 bridgehead atoms. The standard InChI is InChI=1S/C20H25F2N3O2/c21-17-8-5-14(12-18(17)22)3-4-15-2-1-11-25(13-15)20(27)10-7-16-6-9-19(26)24-23-16/h5,8,12,15H,1-4,6-7,9-11,13H2,(H,24,26)/t15-/m0/s1. The van der Waals surface area contributed by atoms with Crippen LogP contribution in [0.15, 0.2) is 23.3 Å². The van der Waals surface area contributed by atoms with E-state index in [0.29, 0.717) is 44.6 Å². The molecule has 3 rings (SSSR count). The molecule has 1 saturated heterocycles. The Morgan fingerprint density at radius 3 is 2.81 bits per heavy atom. The molecule has 0 aliphatic carbocycles. The van der Waals surface area contributed by atoms with Gasteiger partial charge in [0.15, 0.2) is 11.6 Å². The van der Waals surface area contributed by atoms with Gasteiger partial charge < -0.3 is 4.90 Å². The molecule has 0 aromatic heterocycles. The van der Waals surface area contributed by atoms with Crippen molar-refractivity contribution in [1.82, 2.24) is 10.3 Å². The molecule has 1 aromatic carbocycles. The molecule has 0 spiro atoms. The molecule has 1 fully saturated rings. The summed E-state index contributed by atoms with van der Waals surface area (Å²) < 4.78 is 26.3. The van der Waals surface area contributed by atoms with Crippen molar-refractivity contribution in [3.05, 3.63) is 35.4 Å². The average Bonchev–Trinajstić information content (AvgIpc) is 2.68. The molecule has 0 unspecified atom stereocenters. The summed E-state index contributed by atoms with van der Waals surface area (Å²) in [7, 11) is 0. The van der Waals surface area contributed by atoms with Crippen LogP contribution in [0.4, 0.5) is 8.78 Å². The van der Waals surface area contributed by atoms with Gasteiger partial charge in [-0.25, -0.2) is 14.2 Å². The number of amides is 2. The average molecular weight is 377 g/mol. The highest BCUT2D eigenvalue weighted by atomic mass is 19.2. The fraction of sp³-hybridized carbons (Fsp3) is 0.550. The molecular formula is C20H25F2N3O2. The number of likely N-dealkylation sites (tertiary alicyclic amines) is 1. The molecule has 27 heavy (non-hydrogen) atoms.